The third-order valence-corrected chi connectivity index (χ3v) is 3.77. The molecule has 0 aliphatic carbocycles. The predicted molar refractivity (Wildman–Crippen MR) is 81.6 cm³/mol. The van der Waals surface area contributed by atoms with Crippen LogP contribution >= 0.6 is 11.3 Å². The summed E-state index contributed by atoms with van der Waals surface area (Å²) in [6.45, 7) is 0.350. The van der Waals surface area contributed by atoms with Gasteiger partial charge in [0.25, 0.3) is 5.91 Å². The monoisotopic (exact) mass is 331 g/mol. The van der Waals surface area contributed by atoms with E-state index in [1.165, 1.54) is 22.3 Å². The first-order valence-corrected chi connectivity index (χ1v) is 7.49. The van der Waals surface area contributed by atoms with Crippen LogP contribution in [0.5, 0.6) is 0 Å². The molecule has 1 amide bonds. The summed E-state index contributed by atoms with van der Waals surface area (Å²) in [6, 6.07) is 8.55. The number of ether oxygens (including phenoxy) is 1. The number of methoxy groups -OCH3 is 1. The smallest absolute Gasteiger partial charge is 0.255 e. The molecule has 3 rings (SSSR count). The Bertz CT molecular complexity index is 760. The summed E-state index contributed by atoms with van der Waals surface area (Å²) in [5.41, 5.74) is 0.763. The number of anilines is 1. The molecule has 0 saturated carbocycles. The Morgan fingerprint density at radius 1 is 1.35 bits per heavy atom. The highest BCUT2D eigenvalue weighted by atomic mass is 32.1. The van der Waals surface area contributed by atoms with Gasteiger partial charge in [0.05, 0.1) is 0 Å². The van der Waals surface area contributed by atoms with Gasteiger partial charge in [0.1, 0.15) is 17.9 Å². The van der Waals surface area contributed by atoms with Crippen LogP contribution < -0.4 is 5.32 Å². The lowest BCUT2D eigenvalue weighted by Gasteiger charge is -2.15. The van der Waals surface area contributed by atoms with E-state index in [1.54, 1.807) is 7.11 Å². The number of nitrogens with zero attached hydrogens (tertiary/aromatic N) is 6. The molecule has 0 aliphatic heterocycles. The summed E-state index contributed by atoms with van der Waals surface area (Å²) in [4.78, 5) is 12.7. The molecule has 1 N–H and O–H groups in total. The van der Waals surface area contributed by atoms with E-state index in [9.17, 15) is 4.79 Å². The van der Waals surface area contributed by atoms with E-state index in [1.807, 2.05) is 30.3 Å². The molecule has 0 saturated heterocycles. The van der Waals surface area contributed by atoms with Crippen LogP contribution in [0.4, 0.5) is 5.13 Å². The number of nitrogens with one attached hydrogen (secondary N) is 1. The lowest BCUT2D eigenvalue weighted by Crippen LogP contribution is -2.27. The fourth-order valence-electron chi connectivity index (χ4n) is 2.01. The minimum Gasteiger partial charge on any atom is -0.377 e. The third kappa shape index (κ3) is 3.55. The maximum absolute atomic E-state index is 12.7. The number of tetrazole rings is 1. The maximum Gasteiger partial charge on any atom is 0.255 e. The quantitative estimate of drug-likeness (QED) is 0.715. The third-order valence-electron chi connectivity index (χ3n) is 2.96. The minimum atomic E-state index is -0.694. The molecule has 23 heavy (non-hydrogen) atoms. The molecule has 2 heterocycles. The second-order valence-electron chi connectivity index (χ2n) is 4.53. The van der Waals surface area contributed by atoms with Gasteiger partial charge in [0.15, 0.2) is 6.04 Å². The Hall–Kier alpha value is -2.72. The van der Waals surface area contributed by atoms with Crippen LogP contribution in [0.2, 0.25) is 0 Å². The molecule has 1 atom stereocenters. The van der Waals surface area contributed by atoms with Crippen molar-refractivity contribution < 1.29 is 9.53 Å². The molecule has 118 valence electrons. The second kappa shape index (κ2) is 7.03. The summed E-state index contributed by atoms with van der Waals surface area (Å²) in [5.74, 6) is -0.302. The average Bonchev–Trinajstić information content (AvgIpc) is 3.22. The number of amides is 1. The topological polar surface area (TPSA) is 108 Å². The molecule has 10 heteroatoms. The van der Waals surface area contributed by atoms with Crippen molar-refractivity contribution in [2.75, 3.05) is 12.4 Å². The fraction of sp³-hybridized carbons (Fsp3) is 0.231. The summed E-state index contributed by atoms with van der Waals surface area (Å²) in [5, 5.41) is 22.7. The summed E-state index contributed by atoms with van der Waals surface area (Å²) >= 11 is 1.26. The first-order chi connectivity index (χ1) is 11.3. The van der Waals surface area contributed by atoms with Crippen molar-refractivity contribution in [3.8, 4) is 0 Å². The molecular formula is C13H13N7O2S. The second-order valence-corrected chi connectivity index (χ2v) is 5.59. The molecule has 1 aromatic carbocycles. The van der Waals surface area contributed by atoms with Crippen LogP contribution in [0.3, 0.4) is 0 Å². The highest BCUT2D eigenvalue weighted by Gasteiger charge is 2.24. The van der Waals surface area contributed by atoms with E-state index in [-0.39, 0.29) is 5.91 Å². The van der Waals surface area contributed by atoms with Crippen LogP contribution in [0.25, 0.3) is 0 Å². The Kier molecular flexibility index (Phi) is 4.64. The Morgan fingerprint density at radius 2 is 2.17 bits per heavy atom. The van der Waals surface area contributed by atoms with E-state index in [2.05, 4.69) is 31.0 Å². The van der Waals surface area contributed by atoms with Gasteiger partial charge in [-0.1, -0.05) is 41.7 Å². The first-order valence-electron chi connectivity index (χ1n) is 6.67. The fourth-order valence-corrected chi connectivity index (χ4v) is 2.72. The number of rotatable bonds is 6. The number of benzene rings is 1. The van der Waals surface area contributed by atoms with Crippen molar-refractivity contribution in [1.82, 2.24) is 30.4 Å². The lowest BCUT2D eigenvalue weighted by molar-refractivity contribution is -0.118. The van der Waals surface area contributed by atoms with Gasteiger partial charge in [-0.3, -0.25) is 10.1 Å². The van der Waals surface area contributed by atoms with Crippen molar-refractivity contribution in [1.29, 1.82) is 0 Å². The van der Waals surface area contributed by atoms with Crippen molar-refractivity contribution >= 4 is 22.4 Å². The van der Waals surface area contributed by atoms with Crippen LogP contribution in [-0.2, 0) is 16.1 Å². The van der Waals surface area contributed by atoms with E-state index >= 15 is 0 Å². The largest absolute Gasteiger partial charge is 0.377 e. The first kappa shape index (κ1) is 15.2. The number of aromatic nitrogens is 6. The molecule has 9 nitrogen and oxygen atoms in total. The lowest BCUT2D eigenvalue weighted by atomic mass is 10.1. The van der Waals surface area contributed by atoms with Gasteiger partial charge in [0, 0.05) is 7.11 Å². The SMILES string of the molecule is COCc1nnc(NC(=O)C(c2ccccc2)n2cnnn2)s1. The molecule has 0 bridgehead atoms. The van der Waals surface area contributed by atoms with Crippen molar-refractivity contribution in [2.24, 2.45) is 0 Å². The highest BCUT2D eigenvalue weighted by molar-refractivity contribution is 7.15. The molecular weight excluding hydrogens is 318 g/mol. The minimum absolute atomic E-state index is 0.302. The molecule has 3 aromatic rings. The van der Waals surface area contributed by atoms with Crippen molar-refractivity contribution in [3.05, 3.63) is 47.2 Å². The van der Waals surface area contributed by atoms with Crippen molar-refractivity contribution in [3.63, 3.8) is 0 Å². The van der Waals surface area contributed by atoms with Crippen LogP contribution in [-0.4, -0.2) is 43.4 Å². The van der Waals surface area contributed by atoms with Gasteiger partial charge in [-0.05, 0) is 16.0 Å². The standard InChI is InChI=1S/C13H13N7O2S/c1-22-7-10-16-17-13(23-10)15-12(21)11(20-8-14-18-19-20)9-5-3-2-4-6-9/h2-6,8,11H,7H2,1H3,(H,15,17,21). The number of hydrogen-bond donors (Lipinski definition) is 1. The number of hydrogen-bond acceptors (Lipinski definition) is 8. The maximum atomic E-state index is 12.7. The molecule has 2 aromatic heterocycles. The van der Waals surface area contributed by atoms with Gasteiger partial charge in [-0.2, -0.15) is 0 Å². The number of carbonyl (C=O) groups is 1. The van der Waals surface area contributed by atoms with Crippen LogP contribution in [0.1, 0.15) is 16.6 Å². The van der Waals surface area contributed by atoms with Crippen molar-refractivity contribution in [2.45, 2.75) is 12.6 Å². The molecule has 0 radical (unpaired) electrons. The van der Waals surface area contributed by atoms with Gasteiger partial charge >= 0.3 is 0 Å². The Labute approximate surface area is 135 Å². The highest BCUT2D eigenvalue weighted by Crippen LogP contribution is 2.21. The average molecular weight is 331 g/mol. The van der Waals surface area contributed by atoms with Crippen LogP contribution in [0.15, 0.2) is 36.7 Å². The summed E-state index contributed by atoms with van der Waals surface area (Å²) in [7, 11) is 1.57. The molecule has 0 aliphatic rings. The zero-order chi connectivity index (χ0) is 16.1. The van der Waals surface area contributed by atoms with Gasteiger partial charge in [0.2, 0.25) is 5.13 Å². The number of carbonyl (C=O) groups excluding carboxylic acids is 1. The van der Waals surface area contributed by atoms with E-state index in [0.717, 1.165) is 5.56 Å². The summed E-state index contributed by atoms with van der Waals surface area (Å²) in [6.07, 6.45) is 1.40. The van der Waals surface area contributed by atoms with E-state index < -0.39 is 6.04 Å². The normalized spacial score (nSPS) is 12.0. The molecule has 1 unspecified atom stereocenters. The Balaban J connectivity index is 1.83. The predicted octanol–water partition coefficient (Wildman–Crippen LogP) is 0.899. The zero-order valence-corrected chi connectivity index (χ0v) is 13.0. The van der Waals surface area contributed by atoms with Crippen LogP contribution in [0, 0.1) is 0 Å². The van der Waals surface area contributed by atoms with E-state index in [4.69, 9.17) is 4.74 Å². The summed E-state index contributed by atoms with van der Waals surface area (Å²) < 4.78 is 6.38. The van der Waals surface area contributed by atoms with Gasteiger partial charge in [-0.25, -0.2) is 4.68 Å². The van der Waals surface area contributed by atoms with E-state index in [0.29, 0.717) is 16.7 Å². The van der Waals surface area contributed by atoms with Gasteiger partial charge < -0.3 is 4.74 Å². The molecule has 0 spiro atoms. The molecule has 0 fully saturated rings. The van der Waals surface area contributed by atoms with Gasteiger partial charge in [-0.15, -0.1) is 15.3 Å². The zero-order valence-electron chi connectivity index (χ0n) is 12.2. The Morgan fingerprint density at radius 3 is 2.87 bits per heavy atom.